The molecule has 0 aliphatic heterocycles. The lowest BCUT2D eigenvalue weighted by molar-refractivity contribution is -0.113. The molecule has 6 nitrogen and oxygen atoms in total. The van der Waals surface area contributed by atoms with Crippen LogP contribution in [0.25, 0.3) is 11.5 Å². The van der Waals surface area contributed by atoms with Crippen LogP contribution in [0.5, 0.6) is 5.75 Å². The molecule has 0 aliphatic carbocycles. The molecule has 0 unspecified atom stereocenters. The summed E-state index contributed by atoms with van der Waals surface area (Å²) in [5.74, 6) is 0.837. The van der Waals surface area contributed by atoms with Crippen LogP contribution < -0.4 is 10.1 Å². The van der Waals surface area contributed by atoms with Gasteiger partial charge in [0.05, 0.1) is 28.1 Å². The number of nitrogens with zero attached hydrogens (tertiary/aromatic N) is 2. The van der Waals surface area contributed by atoms with Crippen LogP contribution in [-0.2, 0) is 4.79 Å². The van der Waals surface area contributed by atoms with Crippen LogP contribution in [0.2, 0.25) is 15.1 Å². The first-order valence-electron chi connectivity index (χ1n) is 8.10. The fourth-order valence-electron chi connectivity index (χ4n) is 2.21. The highest BCUT2D eigenvalue weighted by molar-refractivity contribution is 7.99. The van der Waals surface area contributed by atoms with Gasteiger partial charge in [0.25, 0.3) is 5.22 Å². The maximum absolute atomic E-state index is 12.2. The molecule has 0 bridgehead atoms. The van der Waals surface area contributed by atoms with E-state index in [9.17, 15) is 4.79 Å². The van der Waals surface area contributed by atoms with Crippen molar-refractivity contribution in [2.24, 2.45) is 0 Å². The summed E-state index contributed by atoms with van der Waals surface area (Å²) in [7, 11) is 0. The second kappa shape index (κ2) is 9.52. The molecule has 0 radical (unpaired) electrons. The van der Waals surface area contributed by atoms with Gasteiger partial charge in [-0.25, -0.2) is 0 Å². The van der Waals surface area contributed by atoms with Crippen molar-refractivity contribution in [3.63, 3.8) is 0 Å². The Morgan fingerprint density at radius 1 is 1.14 bits per heavy atom. The van der Waals surface area contributed by atoms with Gasteiger partial charge in [0.15, 0.2) is 0 Å². The minimum atomic E-state index is -0.322. The van der Waals surface area contributed by atoms with E-state index in [2.05, 4.69) is 15.5 Å². The number of hydrogen-bond donors (Lipinski definition) is 1. The molecule has 1 N–H and O–H groups in total. The third-order valence-electron chi connectivity index (χ3n) is 3.42. The van der Waals surface area contributed by atoms with Gasteiger partial charge in [-0.1, -0.05) is 46.6 Å². The average Bonchev–Trinajstić information content (AvgIpc) is 3.13. The number of carbonyl (C=O) groups excluding carboxylic acids is 1. The Morgan fingerprint density at radius 3 is 2.46 bits per heavy atom. The summed E-state index contributed by atoms with van der Waals surface area (Å²) < 4.78 is 11.0. The number of carbonyl (C=O) groups is 1. The molecule has 0 saturated heterocycles. The summed E-state index contributed by atoms with van der Waals surface area (Å²) in [5, 5.41) is 11.8. The average molecular weight is 459 g/mol. The topological polar surface area (TPSA) is 77.2 Å². The number of anilines is 1. The lowest BCUT2D eigenvalue weighted by Gasteiger charge is -2.09. The smallest absolute Gasteiger partial charge is 0.277 e. The van der Waals surface area contributed by atoms with Crippen molar-refractivity contribution >= 4 is 58.2 Å². The predicted molar refractivity (Wildman–Crippen MR) is 112 cm³/mol. The maximum atomic E-state index is 12.2. The van der Waals surface area contributed by atoms with Crippen molar-refractivity contribution < 1.29 is 13.9 Å². The van der Waals surface area contributed by atoms with E-state index in [-0.39, 0.29) is 26.9 Å². The molecule has 1 aromatic heterocycles. The highest BCUT2D eigenvalue weighted by atomic mass is 35.5. The van der Waals surface area contributed by atoms with Crippen LogP contribution >= 0.6 is 46.6 Å². The number of aromatic nitrogens is 2. The lowest BCUT2D eigenvalue weighted by Crippen LogP contribution is -2.14. The Balaban J connectivity index is 1.59. The number of hydrogen-bond acceptors (Lipinski definition) is 6. The van der Waals surface area contributed by atoms with E-state index in [4.69, 9.17) is 44.0 Å². The third-order valence-corrected chi connectivity index (χ3v) is 5.05. The fourth-order valence-corrected chi connectivity index (χ4v) is 3.68. The van der Waals surface area contributed by atoms with E-state index in [1.54, 1.807) is 0 Å². The quantitative estimate of drug-likeness (QED) is 0.449. The molecule has 0 fully saturated rings. The summed E-state index contributed by atoms with van der Waals surface area (Å²) in [5.41, 5.74) is 1.06. The zero-order valence-electron chi connectivity index (χ0n) is 14.5. The molecular weight excluding hydrogens is 445 g/mol. The number of benzene rings is 2. The van der Waals surface area contributed by atoms with E-state index in [1.807, 2.05) is 31.2 Å². The van der Waals surface area contributed by atoms with Gasteiger partial charge in [-0.2, -0.15) is 0 Å². The molecule has 28 heavy (non-hydrogen) atoms. The molecule has 10 heteroatoms. The molecule has 1 amide bonds. The van der Waals surface area contributed by atoms with Crippen molar-refractivity contribution in [3.05, 3.63) is 51.5 Å². The van der Waals surface area contributed by atoms with Gasteiger partial charge >= 0.3 is 0 Å². The minimum Gasteiger partial charge on any atom is -0.494 e. The number of halogens is 3. The van der Waals surface area contributed by atoms with Gasteiger partial charge in [-0.05, 0) is 43.3 Å². The van der Waals surface area contributed by atoms with E-state index in [0.29, 0.717) is 23.2 Å². The lowest BCUT2D eigenvalue weighted by atomic mass is 10.2. The predicted octanol–water partition coefficient (Wildman–Crippen LogP) is 5.83. The van der Waals surface area contributed by atoms with Crippen molar-refractivity contribution in [2.75, 3.05) is 17.7 Å². The molecule has 1 heterocycles. The Morgan fingerprint density at radius 2 is 1.82 bits per heavy atom. The minimum absolute atomic E-state index is 0.0419. The van der Waals surface area contributed by atoms with Crippen LogP contribution in [0.15, 0.2) is 46.0 Å². The molecular formula is C18H14Cl3N3O3S. The summed E-state index contributed by atoms with van der Waals surface area (Å²) >= 11 is 19.1. The third kappa shape index (κ3) is 5.32. The standard InChI is InChI=1S/C18H14Cl3N3O3S/c1-2-26-12-5-3-10(4-6-12)17-23-24-18(27-17)28-9-15(25)22-16-13(20)7-11(19)8-14(16)21/h3-8H,2,9H2,1H3,(H,22,25). The second-order valence-electron chi connectivity index (χ2n) is 5.41. The van der Waals surface area contributed by atoms with E-state index >= 15 is 0 Å². The summed E-state index contributed by atoms with van der Waals surface area (Å²) in [6.45, 7) is 2.51. The Labute approximate surface area is 180 Å². The van der Waals surface area contributed by atoms with Gasteiger partial charge in [-0.3, -0.25) is 4.79 Å². The number of amides is 1. The molecule has 0 saturated carbocycles. The van der Waals surface area contributed by atoms with Crippen LogP contribution in [-0.4, -0.2) is 28.5 Å². The van der Waals surface area contributed by atoms with Crippen molar-refractivity contribution in [3.8, 4) is 17.2 Å². The Hall–Kier alpha value is -1.93. The van der Waals surface area contributed by atoms with Gasteiger partial charge in [0.2, 0.25) is 11.8 Å². The zero-order chi connectivity index (χ0) is 20.1. The maximum Gasteiger partial charge on any atom is 0.277 e. The molecule has 0 spiro atoms. The number of nitrogens with one attached hydrogen (secondary N) is 1. The molecule has 3 aromatic rings. The molecule has 2 aromatic carbocycles. The van der Waals surface area contributed by atoms with Crippen LogP contribution in [0, 0.1) is 0 Å². The highest BCUT2D eigenvalue weighted by Gasteiger charge is 2.14. The van der Waals surface area contributed by atoms with Gasteiger partial charge < -0.3 is 14.5 Å². The van der Waals surface area contributed by atoms with Crippen molar-refractivity contribution in [1.29, 1.82) is 0 Å². The zero-order valence-corrected chi connectivity index (χ0v) is 17.6. The first kappa shape index (κ1) is 20.8. The van der Waals surface area contributed by atoms with Gasteiger partial charge in [0, 0.05) is 10.6 Å². The van der Waals surface area contributed by atoms with E-state index in [1.165, 1.54) is 12.1 Å². The van der Waals surface area contributed by atoms with Crippen LogP contribution in [0.4, 0.5) is 5.69 Å². The SMILES string of the molecule is CCOc1ccc(-c2nnc(SCC(=O)Nc3c(Cl)cc(Cl)cc3Cl)o2)cc1. The Kier molecular flexibility index (Phi) is 7.07. The molecule has 3 rings (SSSR count). The van der Waals surface area contributed by atoms with Crippen LogP contribution in [0.1, 0.15) is 6.92 Å². The number of thioether (sulfide) groups is 1. The molecule has 0 aliphatic rings. The normalized spacial score (nSPS) is 10.7. The first-order valence-corrected chi connectivity index (χ1v) is 10.2. The highest BCUT2D eigenvalue weighted by Crippen LogP contribution is 2.34. The summed E-state index contributed by atoms with van der Waals surface area (Å²) in [4.78, 5) is 12.2. The summed E-state index contributed by atoms with van der Waals surface area (Å²) in [6, 6.07) is 10.3. The fraction of sp³-hybridized carbons (Fsp3) is 0.167. The number of rotatable bonds is 7. The summed E-state index contributed by atoms with van der Waals surface area (Å²) in [6.07, 6.45) is 0. The van der Waals surface area contributed by atoms with E-state index in [0.717, 1.165) is 23.1 Å². The van der Waals surface area contributed by atoms with Crippen molar-refractivity contribution in [1.82, 2.24) is 10.2 Å². The first-order chi connectivity index (χ1) is 13.5. The Bertz CT molecular complexity index is 957. The number of ether oxygens (including phenoxy) is 1. The monoisotopic (exact) mass is 457 g/mol. The largest absolute Gasteiger partial charge is 0.494 e. The second-order valence-corrected chi connectivity index (χ2v) is 7.59. The molecule has 0 atom stereocenters. The van der Waals surface area contributed by atoms with Crippen molar-refractivity contribution in [2.45, 2.75) is 12.1 Å². The van der Waals surface area contributed by atoms with Crippen LogP contribution in [0.3, 0.4) is 0 Å². The van der Waals surface area contributed by atoms with Gasteiger partial charge in [0.1, 0.15) is 5.75 Å². The van der Waals surface area contributed by atoms with E-state index < -0.39 is 0 Å². The van der Waals surface area contributed by atoms with Gasteiger partial charge in [-0.15, -0.1) is 10.2 Å². The molecule has 146 valence electrons.